The first kappa shape index (κ1) is 21.0. The number of hydrogen-bond donors (Lipinski definition) is 3. The second-order valence-corrected chi connectivity index (χ2v) is 6.14. The number of benzene rings is 2. The summed E-state index contributed by atoms with van der Waals surface area (Å²) in [4.78, 5) is 35.6. The van der Waals surface area contributed by atoms with Gasteiger partial charge in [0.25, 0.3) is 11.8 Å². The smallest absolute Gasteiger partial charge is 0.251 e. The number of methoxy groups -OCH3 is 1. The van der Waals surface area contributed by atoms with Gasteiger partial charge >= 0.3 is 0 Å². The number of carbonyl (C=O) groups is 3. The van der Waals surface area contributed by atoms with Crippen LogP contribution in [0.3, 0.4) is 0 Å². The second kappa shape index (κ2) is 10.7. The molecule has 2 aromatic rings. The van der Waals surface area contributed by atoms with Gasteiger partial charge in [-0.15, -0.1) is 0 Å². The van der Waals surface area contributed by atoms with Crippen LogP contribution in [-0.4, -0.2) is 38.4 Å². The van der Waals surface area contributed by atoms with E-state index in [1.54, 1.807) is 56.6 Å². The zero-order valence-corrected chi connectivity index (χ0v) is 16.1. The first-order chi connectivity index (χ1) is 13.5. The van der Waals surface area contributed by atoms with Gasteiger partial charge in [0.2, 0.25) is 5.91 Å². The summed E-state index contributed by atoms with van der Waals surface area (Å²) in [7, 11) is 3.14. The van der Waals surface area contributed by atoms with Crippen molar-refractivity contribution < 1.29 is 19.1 Å². The van der Waals surface area contributed by atoms with E-state index in [1.807, 2.05) is 6.07 Å². The number of nitrogens with one attached hydrogen (secondary N) is 3. The highest BCUT2D eigenvalue weighted by Gasteiger charge is 2.07. The van der Waals surface area contributed by atoms with Crippen LogP contribution >= 0.6 is 0 Å². The predicted molar refractivity (Wildman–Crippen MR) is 106 cm³/mol. The van der Waals surface area contributed by atoms with E-state index in [2.05, 4.69) is 16.0 Å². The number of carbonyl (C=O) groups excluding carboxylic acids is 3. The summed E-state index contributed by atoms with van der Waals surface area (Å²) in [5, 5.41) is 8.17. The average molecular weight is 383 g/mol. The Morgan fingerprint density at radius 3 is 2.36 bits per heavy atom. The fourth-order valence-electron chi connectivity index (χ4n) is 2.55. The maximum absolute atomic E-state index is 12.0. The van der Waals surface area contributed by atoms with Crippen molar-refractivity contribution in [2.45, 2.75) is 19.4 Å². The highest BCUT2D eigenvalue weighted by atomic mass is 16.5. The largest absolute Gasteiger partial charge is 0.497 e. The molecule has 0 aliphatic carbocycles. The van der Waals surface area contributed by atoms with Gasteiger partial charge in [-0.3, -0.25) is 14.4 Å². The highest BCUT2D eigenvalue weighted by Crippen LogP contribution is 2.11. The molecule has 0 aliphatic heterocycles. The second-order valence-electron chi connectivity index (χ2n) is 6.14. The van der Waals surface area contributed by atoms with Crippen LogP contribution < -0.4 is 20.7 Å². The molecule has 2 aromatic carbocycles. The van der Waals surface area contributed by atoms with Gasteiger partial charge in [0.05, 0.1) is 7.11 Å². The van der Waals surface area contributed by atoms with Crippen molar-refractivity contribution in [2.24, 2.45) is 0 Å². The zero-order chi connectivity index (χ0) is 20.4. The molecule has 148 valence electrons. The van der Waals surface area contributed by atoms with Gasteiger partial charge in [0.15, 0.2) is 0 Å². The molecule has 28 heavy (non-hydrogen) atoms. The Kier molecular flexibility index (Phi) is 8.02. The maximum Gasteiger partial charge on any atom is 0.251 e. The third kappa shape index (κ3) is 6.42. The standard InChI is InChI=1S/C21H25N3O4/c1-22-20(26)17-6-3-5-15(13-17)14-24-19(25)7-4-12-23-21(27)16-8-10-18(28-2)11-9-16/h3,5-6,8-11,13H,4,7,12,14H2,1-2H3,(H,22,26)(H,23,27)(H,24,25). The molecule has 0 saturated heterocycles. The van der Waals surface area contributed by atoms with E-state index < -0.39 is 0 Å². The monoisotopic (exact) mass is 383 g/mol. The lowest BCUT2D eigenvalue weighted by Crippen LogP contribution is -2.27. The summed E-state index contributed by atoms with van der Waals surface area (Å²) >= 11 is 0. The first-order valence-corrected chi connectivity index (χ1v) is 9.03. The highest BCUT2D eigenvalue weighted by molar-refractivity contribution is 5.94. The zero-order valence-electron chi connectivity index (χ0n) is 16.1. The summed E-state index contributed by atoms with van der Waals surface area (Å²) in [6, 6.07) is 13.9. The summed E-state index contributed by atoms with van der Waals surface area (Å²) in [5.74, 6) is 0.230. The van der Waals surface area contributed by atoms with Crippen molar-refractivity contribution in [2.75, 3.05) is 20.7 Å². The fourth-order valence-corrected chi connectivity index (χ4v) is 2.55. The molecule has 0 heterocycles. The van der Waals surface area contributed by atoms with Crippen molar-refractivity contribution in [3.8, 4) is 5.75 Å². The van der Waals surface area contributed by atoms with Crippen molar-refractivity contribution >= 4 is 17.7 Å². The normalized spacial score (nSPS) is 10.1. The molecule has 0 spiro atoms. The van der Waals surface area contributed by atoms with E-state index >= 15 is 0 Å². The van der Waals surface area contributed by atoms with E-state index in [0.717, 1.165) is 5.56 Å². The Morgan fingerprint density at radius 2 is 1.68 bits per heavy atom. The molecule has 0 atom stereocenters. The van der Waals surface area contributed by atoms with E-state index in [9.17, 15) is 14.4 Å². The lowest BCUT2D eigenvalue weighted by Gasteiger charge is -2.08. The minimum atomic E-state index is -0.186. The van der Waals surface area contributed by atoms with Crippen LogP contribution in [0.5, 0.6) is 5.75 Å². The Bertz CT molecular complexity index is 819. The van der Waals surface area contributed by atoms with Crippen LogP contribution in [0.1, 0.15) is 39.1 Å². The molecule has 2 rings (SSSR count). The maximum atomic E-state index is 12.0. The number of rotatable bonds is 9. The van der Waals surface area contributed by atoms with Crippen LogP contribution in [0.25, 0.3) is 0 Å². The summed E-state index contributed by atoms with van der Waals surface area (Å²) in [6.45, 7) is 0.756. The topological polar surface area (TPSA) is 96.5 Å². The van der Waals surface area contributed by atoms with Gasteiger partial charge < -0.3 is 20.7 Å². The van der Waals surface area contributed by atoms with Crippen LogP contribution in [0.4, 0.5) is 0 Å². The van der Waals surface area contributed by atoms with E-state index in [0.29, 0.717) is 42.8 Å². The van der Waals surface area contributed by atoms with Crippen LogP contribution in [-0.2, 0) is 11.3 Å². The Balaban J connectivity index is 1.68. The van der Waals surface area contributed by atoms with Crippen LogP contribution in [0.2, 0.25) is 0 Å². The molecule has 0 fully saturated rings. The number of amides is 3. The SMILES string of the molecule is CNC(=O)c1cccc(CNC(=O)CCCNC(=O)c2ccc(OC)cc2)c1. The molecule has 0 aliphatic rings. The van der Waals surface area contributed by atoms with Gasteiger partial charge in [-0.25, -0.2) is 0 Å². The van der Waals surface area contributed by atoms with Crippen LogP contribution in [0.15, 0.2) is 48.5 Å². The molecule has 7 heteroatoms. The number of hydrogen-bond acceptors (Lipinski definition) is 4. The van der Waals surface area contributed by atoms with Gasteiger partial charge in [-0.05, 0) is 48.4 Å². The van der Waals surface area contributed by atoms with Gasteiger partial charge in [0.1, 0.15) is 5.75 Å². The Hall–Kier alpha value is -3.35. The Labute approximate surface area is 164 Å². The van der Waals surface area contributed by atoms with Crippen LogP contribution in [0, 0.1) is 0 Å². The molecule has 0 aromatic heterocycles. The molecule has 0 bridgehead atoms. The first-order valence-electron chi connectivity index (χ1n) is 9.03. The minimum absolute atomic E-state index is 0.107. The summed E-state index contributed by atoms with van der Waals surface area (Å²) in [6.07, 6.45) is 0.837. The van der Waals surface area contributed by atoms with Crippen molar-refractivity contribution in [1.82, 2.24) is 16.0 Å². The molecule has 7 nitrogen and oxygen atoms in total. The van der Waals surface area contributed by atoms with Crippen molar-refractivity contribution in [3.05, 3.63) is 65.2 Å². The molecule has 0 radical (unpaired) electrons. The fraction of sp³-hybridized carbons (Fsp3) is 0.286. The molecule has 0 unspecified atom stereocenters. The lowest BCUT2D eigenvalue weighted by atomic mass is 10.1. The molecule has 3 amide bonds. The third-order valence-corrected chi connectivity index (χ3v) is 4.12. The minimum Gasteiger partial charge on any atom is -0.497 e. The molecular weight excluding hydrogens is 358 g/mol. The summed E-state index contributed by atoms with van der Waals surface area (Å²) in [5.41, 5.74) is 1.94. The lowest BCUT2D eigenvalue weighted by molar-refractivity contribution is -0.121. The third-order valence-electron chi connectivity index (χ3n) is 4.12. The molecule has 3 N–H and O–H groups in total. The van der Waals surface area contributed by atoms with Gasteiger partial charge in [-0.2, -0.15) is 0 Å². The average Bonchev–Trinajstić information content (AvgIpc) is 2.74. The van der Waals surface area contributed by atoms with Crippen molar-refractivity contribution in [1.29, 1.82) is 0 Å². The van der Waals surface area contributed by atoms with Gasteiger partial charge in [0, 0.05) is 37.7 Å². The summed E-state index contributed by atoms with van der Waals surface area (Å²) < 4.78 is 5.06. The van der Waals surface area contributed by atoms with Gasteiger partial charge in [-0.1, -0.05) is 12.1 Å². The van der Waals surface area contributed by atoms with E-state index in [1.165, 1.54) is 0 Å². The molecule has 0 saturated carbocycles. The van der Waals surface area contributed by atoms with Crippen molar-refractivity contribution in [3.63, 3.8) is 0 Å². The Morgan fingerprint density at radius 1 is 0.929 bits per heavy atom. The van der Waals surface area contributed by atoms with E-state index in [-0.39, 0.29) is 17.7 Å². The predicted octanol–water partition coefficient (Wildman–Crippen LogP) is 1.88. The number of ether oxygens (including phenoxy) is 1. The van der Waals surface area contributed by atoms with E-state index in [4.69, 9.17) is 4.74 Å². The molecular formula is C21H25N3O4. The quantitative estimate of drug-likeness (QED) is 0.576.